The molecule has 1 aliphatic rings. The fraction of sp³-hybridized carbons (Fsp3) is 0.333. The molecule has 19 heavy (non-hydrogen) atoms. The highest BCUT2D eigenvalue weighted by molar-refractivity contribution is 5.80. The van der Waals surface area contributed by atoms with Gasteiger partial charge in [-0.2, -0.15) is 0 Å². The fourth-order valence-electron chi connectivity index (χ4n) is 2.40. The number of benzene rings is 1. The third-order valence-electron chi connectivity index (χ3n) is 3.68. The van der Waals surface area contributed by atoms with Gasteiger partial charge in [-0.3, -0.25) is 4.79 Å². The molecule has 2 aromatic rings. The van der Waals surface area contributed by atoms with Crippen LogP contribution in [0.4, 0.5) is 0 Å². The Balaban J connectivity index is 2.09. The van der Waals surface area contributed by atoms with Crippen LogP contribution in [0.15, 0.2) is 36.8 Å². The maximum absolute atomic E-state index is 11.2. The van der Waals surface area contributed by atoms with Gasteiger partial charge in [0.1, 0.15) is 0 Å². The number of carboxylic acid groups (broad SMARTS) is 1. The summed E-state index contributed by atoms with van der Waals surface area (Å²) in [7, 11) is 0. The van der Waals surface area contributed by atoms with Crippen LogP contribution in [0, 0.1) is 0 Å². The van der Waals surface area contributed by atoms with Gasteiger partial charge in [0.05, 0.1) is 24.1 Å². The normalized spacial score (nSPS) is 16.3. The number of aliphatic carboxylic acids is 1. The topological polar surface area (TPSA) is 55.1 Å². The molecule has 1 aliphatic carbocycles. The van der Waals surface area contributed by atoms with Crippen molar-refractivity contribution in [3.63, 3.8) is 0 Å². The van der Waals surface area contributed by atoms with Crippen LogP contribution >= 0.6 is 0 Å². The van der Waals surface area contributed by atoms with Gasteiger partial charge >= 0.3 is 5.97 Å². The molecule has 0 amide bonds. The average Bonchev–Trinajstić information content (AvgIpc) is 3.15. The lowest BCUT2D eigenvalue weighted by molar-refractivity contribution is -0.138. The largest absolute Gasteiger partial charge is 0.481 e. The Labute approximate surface area is 111 Å². The Morgan fingerprint density at radius 1 is 1.42 bits per heavy atom. The summed E-state index contributed by atoms with van der Waals surface area (Å²) < 4.78 is 2.16. The first kappa shape index (κ1) is 12.0. The predicted octanol–water partition coefficient (Wildman–Crippen LogP) is 3.07. The number of hydrogen-bond acceptors (Lipinski definition) is 2. The van der Waals surface area contributed by atoms with Crippen molar-refractivity contribution in [3.05, 3.63) is 42.4 Å². The molecule has 1 N–H and O–H groups in total. The Morgan fingerprint density at radius 3 is 2.84 bits per heavy atom. The van der Waals surface area contributed by atoms with E-state index in [-0.39, 0.29) is 0 Å². The van der Waals surface area contributed by atoms with E-state index >= 15 is 0 Å². The first-order valence-electron chi connectivity index (χ1n) is 6.52. The second-order valence-corrected chi connectivity index (χ2v) is 5.06. The lowest BCUT2D eigenvalue weighted by Gasteiger charge is -2.14. The second-order valence-electron chi connectivity index (χ2n) is 5.06. The van der Waals surface area contributed by atoms with Crippen molar-refractivity contribution in [2.45, 2.75) is 31.7 Å². The van der Waals surface area contributed by atoms with Crippen LogP contribution in [-0.4, -0.2) is 20.6 Å². The minimum Gasteiger partial charge on any atom is -0.481 e. The molecule has 0 saturated heterocycles. The van der Waals surface area contributed by atoms with Crippen molar-refractivity contribution in [1.82, 2.24) is 9.55 Å². The molecule has 0 radical (unpaired) electrons. The van der Waals surface area contributed by atoms with E-state index in [1.807, 2.05) is 36.8 Å². The van der Waals surface area contributed by atoms with Crippen molar-refractivity contribution in [3.8, 4) is 11.3 Å². The first-order valence-corrected chi connectivity index (χ1v) is 6.52. The van der Waals surface area contributed by atoms with Crippen molar-refractivity contribution < 1.29 is 9.90 Å². The van der Waals surface area contributed by atoms with Crippen molar-refractivity contribution in [1.29, 1.82) is 0 Å². The number of carbonyl (C=O) groups is 1. The summed E-state index contributed by atoms with van der Waals surface area (Å²) in [5.41, 5.74) is 2.84. The highest BCUT2D eigenvalue weighted by atomic mass is 16.4. The Hall–Kier alpha value is -2.10. The van der Waals surface area contributed by atoms with E-state index in [0.29, 0.717) is 6.04 Å². The molecule has 1 atom stereocenters. The standard InChI is InChI=1S/C15H16N2O2/c1-10(15(18)19)12-4-2-3-5-13(12)14-8-16-9-17(14)11-6-7-11/h2-5,8-11H,6-7H2,1H3,(H,18,19). The number of imidazole rings is 1. The zero-order valence-electron chi connectivity index (χ0n) is 10.8. The molecule has 3 rings (SSSR count). The van der Waals surface area contributed by atoms with Gasteiger partial charge in [0.25, 0.3) is 0 Å². The van der Waals surface area contributed by atoms with Gasteiger partial charge in [0, 0.05) is 11.6 Å². The van der Waals surface area contributed by atoms with E-state index < -0.39 is 11.9 Å². The number of carboxylic acids is 1. The number of aromatic nitrogens is 2. The van der Waals surface area contributed by atoms with Crippen molar-refractivity contribution in [2.75, 3.05) is 0 Å². The van der Waals surface area contributed by atoms with Crippen LogP contribution in [0.5, 0.6) is 0 Å². The molecule has 0 spiro atoms. The maximum Gasteiger partial charge on any atom is 0.310 e. The summed E-state index contributed by atoms with van der Waals surface area (Å²) in [5, 5.41) is 9.23. The Morgan fingerprint density at radius 2 is 2.16 bits per heavy atom. The molecule has 1 fully saturated rings. The van der Waals surface area contributed by atoms with Crippen LogP contribution in [0.2, 0.25) is 0 Å². The van der Waals surface area contributed by atoms with Gasteiger partial charge in [-0.15, -0.1) is 0 Å². The summed E-state index contributed by atoms with van der Waals surface area (Å²) in [6.07, 6.45) is 6.03. The van der Waals surface area contributed by atoms with Crippen LogP contribution in [0.3, 0.4) is 0 Å². The molecular weight excluding hydrogens is 240 g/mol. The fourth-order valence-corrected chi connectivity index (χ4v) is 2.40. The number of rotatable bonds is 4. The molecule has 1 unspecified atom stereocenters. The van der Waals surface area contributed by atoms with Gasteiger partial charge < -0.3 is 9.67 Å². The SMILES string of the molecule is CC(C(=O)O)c1ccccc1-c1cncn1C1CC1. The lowest BCUT2D eigenvalue weighted by Crippen LogP contribution is -2.09. The minimum absolute atomic E-state index is 0.515. The van der Waals surface area contributed by atoms with Crippen LogP contribution < -0.4 is 0 Å². The molecule has 1 aromatic heterocycles. The zero-order chi connectivity index (χ0) is 13.4. The van der Waals surface area contributed by atoms with Crippen LogP contribution in [0.1, 0.15) is 37.3 Å². The molecule has 98 valence electrons. The quantitative estimate of drug-likeness (QED) is 0.914. The summed E-state index contributed by atoms with van der Waals surface area (Å²) in [6, 6.07) is 8.22. The highest BCUT2D eigenvalue weighted by Gasteiger charge is 2.27. The van der Waals surface area contributed by atoms with E-state index in [1.54, 1.807) is 6.92 Å². The maximum atomic E-state index is 11.2. The van der Waals surface area contributed by atoms with E-state index in [1.165, 1.54) is 12.8 Å². The second kappa shape index (κ2) is 4.53. The van der Waals surface area contributed by atoms with Gasteiger partial charge in [0.2, 0.25) is 0 Å². The zero-order valence-corrected chi connectivity index (χ0v) is 10.8. The summed E-state index contributed by atoms with van der Waals surface area (Å²) in [4.78, 5) is 15.5. The van der Waals surface area contributed by atoms with E-state index in [2.05, 4.69) is 9.55 Å². The number of nitrogens with zero attached hydrogens (tertiary/aromatic N) is 2. The summed E-state index contributed by atoms with van der Waals surface area (Å²) in [6.45, 7) is 1.72. The van der Waals surface area contributed by atoms with Crippen LogP contribution in [-0.2, 0) is 4.79 Å². The molecule has 4 nitrogen and oxygen atoms in total. The Bertz CT molecular complexity index is 614. The predicted molar refractivity (Wildman–Crippen MR) is 72.0 cm³/mol. The Kier molecular flexibility index (Phi) is 2.85. The van der Waals surface area contributed by atoms with Crippen molar-refractivity contribution >= 4 is 5.97 Å². The third kappa shape index (κ3) is 2.14. The van der Waals surface area contributed by atoms with Gasteiger partial charge in [-0.1, -0.05) is 24.3 Å². The van der Waals surface area contributed by atoms with E-state index in [0.717, 1.165) is 16.8 Å². The number of hydrogen-bond donors (Lipinski definition) is 1. The molecule has 0 bridgehead atoms. The van der Waals surface area contributed by atoms with Crippen molar-refractivity contribution in [2.24, 2.45) is 0 Å². The minimum atomic E-state index is -0.801. The molecule has 1 heterocycles. The summed E-state index contributed by atoms with van der Waals surface area (Å²) in [5.74, 6) is -1.32. The molecular formula is C15H16N2O2. The lowest BCUT2D eigenvalue weighted by atomic mass is 9.94. The highest BCUT2D eigenvalue weighted by Crippen LogP contribution is 2.39. The average molecular weight is 256 g/mol. The van der Waals surface area contributed by atoms with Crippen LogP contribution in [0.25, 0.3) is 11.3 Å². The third-order valence-corrected chi connectivity index (χ3v) is 3.68. The monoisotopic (exact) mass is 256 g/mol. The molecule has 4 heteroatoms. The van der Waals surface area contributed by atoms with Gasteiger partial charge in [0.15, 0.2) is 0 Å². The van der Waals surface area contributed by atoms with E-state index in [9.17, 15) is 9.90 Å². The molecule has 0 aliphatic heterocycles. The smallest absolute Gasteiger partial charge is 0.310 e. The van der Waals surface area contributed by atoms with Gasteiger partial charge in [-0.05, 0) is 25.3 Å². The molecule has 1 aromatic carbocycles. The van der Waals surface area contributed by atoms with Gasteiger partial charge in [-0.25, -0.2) is 4.98 Å². The first-order chi connectivity index (χ1) is 9.18. The summed E-state index contributed by atoms with van der Waals surface area (Å²) >= 11 is 0. The molecule has 1 saturated carbocycles. The van der Waals surface area contributed by atoms with E-state index in [4.69, 9.17) is 0 Å².